The van der Waals surface area contributed by atoms with Crippen molar-refractivity contribution in [3.05, 3.63) is 0 Å². The molecular weight excluding hydrogens is 150 g/mol. The van der Waals surface area contributed by atoms with Crippen molar-refractivity contribution in [2.24, 2.45) is 5.73 Å². The summed E-state index contributed by atoms with van der Waals surface area (Å²) >= 11 is 0. The number of hydrogen-bond acceptors (Lipinski definition) is 2. The average Bonchev–Trinajstić information content (AvgIpc) is 2.06. The molecule has 1 heterocycles. The third-order valence-corrected chi connectivity index (χ3v) is 2.81. The molecule has 3 nitrogen and oxygen atoms in total. The predicted octanol–water partition coefficient (Wildman–Crippen LogP) is -0.225. The smallest absolute Gasteiger partial charge is 0.0911 e. The van der Waals surface area contributed by atoms with Crippen LogP contribution in [0.25, 0.3) is 0 Å². The third-order valence-electron chi connectivity index (χ3n) is 2.81. The summed E-state index contributed by atoms with van der Waals surface area (Å²) < 4.78 is 1.24. The Morgan fingerprint density at radius 3 is 2.50 bits per heavy atom. The molecule has 0 spiro atoms. The molecule has 1 fully saturated rings. The maximum absolute atomic E-state index is 5.47. The number of rotatable bonds is 4. The highest BCUT2D eigenvalue weighted by Crippen LogP contribution is 2.06. The first-order chi connectivity index (χ1) is 5.77. The van der Waals surface area contributed by atoms with Gasteiger partial charge in [-0.25, -0.2) is 0 Å². The molecule has 0 radical (unpaired) electrons. The van der Waals surface area contributed by atoms with E-state index in [0.717, 1.165) is 6.54 Å². The van der Waals surface area contributed by atoms with Crippen LogP contribution in [0.15, 0.2) is 0 Å². The number of nitrogens with zero attached hydrogens (tertiary/aromatic N) is 1. The van der Waals surface area contributed by atoms with Crippen LogP contribution in [0.1, 0.15) is 12.8 Å². The van der Waals surface area contributed by atoms with E-state index >= 15 is 0 Å². The van der Waals surface area contributed by atoms with E-state index < -0.39 is 0 Å². The Balaban J connectivity index is 2.17. The van der Waals surface area contributed by atoms with Crippen molar-refractivity contribution in [2.75, 3.05) is 46.3 Å². The summed E-state index contributed by atoms with van der Waals surface area (Å²) in [7, 11) is 2.36. The van der Waals surface area contributed by atoms with Crippen molar-refractivity contribution in [1.82, 2.24) is 5.32 Å². The summed E-state index contributed by atoms with van der Waals surface area (Å²) in [4.78, 5) is 0. The minimum Gasteiger partial charge on any atom is -0.330 e. The summed E-state index contributed by atoms with van der Waals surface area (Å²) in [6, 6.07) is 0. The van der Waals surface area contributed by atoms with Gasteiger partial charge >= 0.3 is 0 Å². The van der Waals surface area contributed by atoms with Gasteiger partial charge in [0.15, 0.2) is 0 Å². The van der Waals surface area contributed by atoms with Crippen molar-refractivity contribution in [1.29, 1.82) is 0 Å². The molecule has 0 aromatic carbocycles. The van der Waals surface area contributed by atoms with Gasteiger partial charge in [0.05, 0.1) is 26.7 Å². The number of quaternary nitrogens is 1. The minimum atomic E-state index is 0.845. The van der Waals surface area contributed by atoms with Crippen LogP contribution >= 0.6 is 0 Å². The molecule has 1 rings (SSSR count). The summed E-state index contributed by atoms with van der Waals surface area (Å²) in [5, 5.41) is 3.39. The summed E-state index contributed by atoms with van der Waals surface area (Å²) in [6.45, 7) is 7.07. The highest BCUT2D eigenvalue weighted by molar-refractivity contribution is 4.55. The molecule has 1 aliphatic rings. The van der Waals surface area contributed by atoms with E-state index in [2.05, 4.69) is 12.4 Å². The molecule has 0 aromatic rings. The van der Waals surface area contributed by atoms with Crippen LogP contribution in [0, 0.1) is 0 Å². The SMILES string of the molecule is C[N+]1(CCCCN)CCNCC1. The first kappa shape index (κ1) is 9.96. The second-order valence-corrected chi connectivity index (χ2v) is 4.04. The topological polar surface area (TPSA) is 38.0 Å². The predicted molar refractivity (Wildman–Crippen MR) is 51.9 cm³/mol. The van der Waals surface area contributed by atoms with Gasteiger partial charge in [-0.15, -0.1) is 0 Å². The zero-order valence-electron chi connectivity index (χ0n) is 8.18. The van der Waals surface area contributed by atoms with Gasteiger partial charge in [0.2, 0.25) is 0 Å². The van der Waals surface area contributed by atoms with Crippen molar-refractivity contribution < 1.29 is 4.48 Å². The summed E-state index contributed by atoms with van der Waals surface area (Å²) in [5.74, 6) is 0. The van der Waals surface area contributed by atoms with Gasteiger partial charge in [-0.3, -0.25) is 0 Å². The van der Waals surface area contributed by atoms with E-state index in [4.69, 9.17) is 5.73 Å². The second kappa shape index (κ2) is 4.80. The molecule has 0 atom stereocenters. The molecule has 12 heavy (non-hydrogen) atoms. The lowest BCUT2D eigenvalue weighted by atomic mass is 10.2. The Morgan fingerprint density at radius 2 is 1.92 bits per heavy atom. The summed E-state index contributed by atoms with van der Waals surface area (Å²) in [6.07, 6.45) is 2.47. The fourth-order valence-electron chi connectivity index (χ4n) is 1.80. The molecule has 0 bridgehead atoms. The molecule has 0 unspecified atom stereocenters. The molecule has 0 amide bonds. The normalized spacial score (nSPS) is 22.5. The number of hydrogen-bond donors (Lipinski definition) is 2. The lowest BCUT2D eigenvalue weighted by Crippen LogP contribution is -2.56. The zero-order chi connectivity index (χ0) is 8.86. The van der Waals surface area contributed by atoms with Crippen molar-refractivity contribution in [3.63, 3.8) is 0 Å². The van der Waals surface area contributed by atoms with Crippen molar-refractivity contribution in [3.8, 4) is 0 Å². The van der Waals surface area contributed by atoms with Crippen LogP contribution in [0.4, 0.5) is 0 Å². The molecule has 0 aromatic heterocycles. The molecular formula is C9H22N3+. The van der Waals surface area contributed by atoms with Gasteiger partial charge in [0, 0.05) is 13.1 Å². The Morgan fingerprint density at radius 1 is 1.25 bits per heavy atom. The molecule has 3 N–H and O–H groups in total. The van der Waals surface area contributed by atoms with Crippen LogP contribution in [0.3, 0.4) is 0 Å². The average molecular weight is 172 g/mol. The number of nitrogens with two attached hydrogens (primary N) is 1. The van der Waals surface area contributed by atoms with Gasteiger partial charge in [0.1, 0.15) is 0 Å². The Bertz CT molecular complexity index is 119. The molecule has 72 valence electrons. The number of unbranched alkanes of at least 4 members (excludes halogenated alkanes) is 1. The standard InChI is InChI=1S/C9H22N3/c1-12(7-3-2-4-10)8-5-11-6-9-12/h11H,2-10H2,1H3/q+1. The van der Waals surface area contributed by atoms with Crippen molar-refractivity contribution in [2.45, 2.75) is 12.8 Å². The maximum Gasteiger partial charge on any atom is 0.0911 e. The Labute approximate surface area is 75.5 Å². The molecule has 0 saturated carbocycles. The highest BCUT2D eigenvalue weighted by atomic mass is 15.4. The van der Waals surface area contributed by atoms with E-state index in [0.29, 0.717) is 0 Å². The Kier molecular flexibility index (Phi) is 3.98. The first-order valence-electron chi connectivity index (χ1n) is 5.01. The lowest BCUT2D eigenvalue weighted by Gasteiger charge is -2.38. The molecule has 0 aliphatic carbocycles. The van der Waals surface area contributed by atoms with E-state index in [-0.39, 0.29) is 0 Å². The van der Waals surface area contributed by atoms with Gasteiger partial charge in [-0.2, -0.15) is 0 Å². The van der Waals surface area contributed by atoms with E-state index in [1.165, 1.54) is 50.0 Å². The number of likely N-dealkylation sites (N-methyl/N-ethyl adjacent to an activating group) is 1. The van der Waals surface area contributed by atoms with Crippen LogP contribution in [-0.2, 0) is 0 Å². The summed E-state index contributed by atoms with van der Waals surface area (Å²) in [5.41, 5.74) is 5.47. The highest BCUT2D eigenvalue weighted by Gasteiger charge is 2.23. The van der Waals surface area contributed by atoms with Gasteiger partial charge < -0.3 is 15.5 Å². The first-order valence-corrected chi connectivity index (χ1v) is 5.01. The molecule has 1 aliphatic heterocycles. The third kappa shape index (κ3) is 3.09. The van der Waals surface area contributed by atoms with Gasteiger partial charge in [-0.05, 0) is 19.4 Å². The van der Waals surface area contributed by atoms with Crippen molar-refractivity contribution >= 4 is 0 Å². The van der Waals surface area contributed by atoms with Crippen LogP contribution < -0.4 is 11.1 Å². The van der Waals surface area contributed by atoms with E-state index in [1.54, 1.807) is 0 Å². The maximum atomic E-state index is 5.47. The van der Waals surface area contributed by atoms with E-state index in [9.17, 15) is 0 Å². The van der Waals surface area contributed by atoms with Gasteiger partial charge in [-0.1, -0.05) is 0 Å². The number of piperazine rings is 1. The fourth-order valence-corrected chi connectivity index (χ4v) is 1.80. The quantitative estimate of drug-likeness (QED) is 0.454. The molecule has 1 saturated heterocycles. The van der Waals surface area contributed by atoms with Crippen LogP contribution in [0.2, 0.25) is 0 Å². The zero-order valence-corrected chi connectivity index (χ0v) is 8.18. The van der Waals surface area contributed by atoms with Crippen LogP contribution in [0.5, 0.6) is 0 Å². The second-order valence-electron chi connectivity index (χ2n) is 4.04. The monoisotopic (exact) mass is 172 g/mol. The molecule has 3 heteroatoms. The van der Waals surface area contributed by atoms with Gasteiger partial charge in [0.25, 0.3) is 0 Å². The number of nitrogens with one attached hydrogen (secondary N) is 1. The lowest BCUT2D eigenvalue weighted by molar-refractivity contribution is -0.911. The van der Waals surface area contributed by atoms with E-state index in [1.807, 2.05) is 0 Å². The minimum absolute atomic E-state index is 0.845. The largest absolute Gasteiger partial charge is 0.330 e. The fraction of sp³-hybridized carbons (Fsp3) is 1.00. The Hall–Kier alpha value is -0.120. The van der Waals surface area contributed by atoms with Crippen LogP contribution in [-0.4, -0.2) is 50.8 Å².